The fraction of sp³-hybridized carbons (Fsp3) is 0.250. The van der Waals surface area contributed by atoms with E-state index in [1.807, 2.05) is 36.4 Å². The van der Waals surface area contributed by atoms with E-state index in [0.717, 1.165) is 23.5 Å². The van der Waals surface area contributed by atoms with E-state index in [0.29, 0.717) is 0 Å². The quantitative estimate of drug-likeness (QED) is 0.895. The van der Waals surface area contributed by atoms with Crippen molar-refractivity contribution < 1.29 is 9.47 Å². The lowest BCUT2D eigenvalue weighted by molar-refractivity contribution is 0.395. The van der Waals surface area contributed by atoms with Crippen LogP contribution in [0, 0.1) is 0 Å². The lowest BCUT2D eigenvalue weighted by Crippen LogP contribution is -2.14. The van der Waals surface area contributed by atoms with Gasteiger partial charge in [-0.2, -0.15) is 0 Å². The molecule has 3 heteroatoms. The molecule has 0 bridgehead atoms. The molecule has 0 radical (unpaired) electrons. The van der Waals surface area contributed by atoms with Gasteiger partial charge in [0.2, 0.25) is 0 Å². The summed E-state index contributed by atoms with van der Waals surface area (Å²) in [6.45, 7) is 0. The van der Waals surface area contributed by atoms with Gasteiger partial charge in [0.05, 0.1) is 14.2 Å². The average molecular weight is 257 g/mol. The van der Waals surface area contributed by atoms with Gasteiger partial charge in [-0.1, -0.05) is 30.3 Å². The maximum Gasteiger partial charge on any atom is 0.123 e. The molecule has 0 fully saturated rings. The standard InChI is InChI=1S/C16H19NO2/c1-18-13-8-9-16(19-2)14(11-13)15(17)10-12-6-4-3-5-7-12/h3-9,11,15H,10,17H2,1-2H3. The van der Waals surface area contributed by atoms with Gasteiger partial charge in [-0.05, 0) is 30.2 Å². The number of nitrogens with two attached hydrogens (primary N) is 1. The minimum atomic E-state index is -0.118. The maximum absolute atomic E-state index is 6.29. The summed E-state index contributed by atoms with van der Waals surface area (Å²) >= 11 is 0. The molecule has 0 amide bonds. The second-order valence-electron chi connectivity index (χ2n) is 4.40. The molecule has 2 rings (SSSR count). The Balaban J connectivity index is 2.24. The Kier molecular flexibility index (Phi) is 4.42. The Morgan fingerprint density at radius 1 is 1.00 bits per heavy atom. The number of rotatable bonds is 5. The zero-order valence-corrected chi connectivity index (χ0v) is 11.3. The highest BCUT2D eigenvalue weighted by atomic mass is 16.5. The third-order valence-electron chi connectivity index (χ3n) is 3.13. The molecule has 0 heterocycles. The summed E-state index contributed by atoms with van der Waals surface area (Å²) in [6, 6.07) is 15.8. The van der Waals surface area contributed by atoms with Gasteiger partial charge in [-0.3, -0.25) is 0 Å². The monoisotopic (exact) mass is 257 g/mol. The first kappa shape index (κ1) is 13.4. The first-order chi connectivity index (χ1) is 9.24. The average Bonchev–Trinajstić information content (AvgIpc) is 2.47. The van der Waals surface area contributed by atoms with Crippen LogP contribution in [0.1, 0.15) is 17.2 Å². The lowest BCUT2D eigenvalue weighted by atomic mass is 9.98. The summed E-state index contributed by atoms with van der Waals surface area (Å²) in [4.78, 5) is 0. The van der Waals surface area contributed by atoms with E-state index < -0.39 is 0 Å². The largest absolute Gasteiger partial charge is 0.497 e. The molecule has 0 aliphatic heterocycles. The summed E-state index contributed by atoms with van der Waals surface area (Å²) in [7, 11) is 3.30. The third-order valence-corrected chi connectivity index (χ3v) is 3.13. The van der Waals surface area contributed by atoms with E-state index in [1.165, 1.54) is 5.56 Å². The van der Waals surface area contributed by atoms with Crippen LogP contribution in [0.4, 0.5) is 0 Å². The van der Waals surface area contributed by atoms with Crippen LogP contribution in [-0.4, -0.2) is 14.2 Å². The van der Waals surface area contributed by atoms with Gasteiger partial charge < -0.3 is 15.2 Å². The van der Waals surface area contributed by atoms with Gasteiger partial charge >= 0.3 is 0 Å². The first-order valence-electron chi connectivity index (χ1n) is 6.26. The number of methoxy groups -OCH3 is 2. The van der Waals surface area contributed by atoms with Crippen LogP contribution in [0.3, 0.4) is 0 Å². The van der Waals surface area contributed by atoms with Crippen LogP contribution in [0.5, 0.6) is 11.5 Å². The molecule has 19 heavy (non-hydrogen) atoms. The smallest absolute Gasteiger partial charge is 0.123 e. The highest BCUT2D eigenvalue weighted by Crippen LogP contribution is 2.29. The highest BCUT2D eigenvalue weighted by Gasteiger charge is 2.13. The van der Waals surface area contributed by atoms with Gasteiger partial charge in [0.25, 0.3) is 0 Å². The highest BCUT2D eigenvalue weighted by molar-refractivity contribution is 5.42. The van der Waals surface area contributed by atoms with E-state index in [-0.39, 0.29) is 6.04 Å². The minimum absolute atomic E-state index is 0.118. The third kappa shape index (κ3) is 3.26. The molecule has 3 nitrogen and oxygen atoms in total. The fourth-order valence-corrected chi connectivity index (χ4v) is 2.11. The molecule has 0 aliphatic carbocycles. The number of hydrogen-bond donors (Lipinski definition) is 1. The Bertz CT molecular complexity index is 526. The van der Waals surface area contributed by atoms with Crippen molar-refractivity contribution in [3.05, 3.63) is 59.7 Å². The Hall–Kier alpha value is -2.00. The zero-order valence-electron chi connectivity index (χ0n) is 11.3. The topological polar surface area (TPSA) is 44.5 Å². The second kappa shape index (κ2) is 6.25. The minimum Gasteiger partial charge on any atom is -0.497 e. The molecular formula is C16H19NO2. The summed E-state index contributed by atoms with van der Waals surface area (Å²) in [5.74, 6) is 1.59. The Morgan fingerprint density at radius 3 is 2.37 bits per heavy atom. The normalized spacial score (nSPS) is 11.9. The molecule has 1 unspecified atom stereocenters. The van der Waals surface area contributed by atoms with Crippen molar-refractivity contribution in [2.45, 2.75) is 12.5 Å². The van der Waals surface area contributed by atoms with Crippen molar-refractivity contribution >= 4 is 0 Å². The van der Waals surface area contributed by atoms with Crippen molar-refractivity contribution in [1.82, 2.24) is 0 Å². The lowest BCUT2D eigenvalue weighted by Gasteiger charge is -2.17. The molecule has 2 aromatic rings. The molecule has 0 saturated heterocycles. The van der Waals surface area contributed by atoms with E-state index >= 15 is 0 Å². The molecule has 100 valence electrons. The Morgan fingerprint density at radius 2 is 1.74 bits per heavy atom. The van der Waals surface area contributed by atoms with Crippen LogP contribution in [-0.2, 0) is 6.42 Å². The zero-order chi connectivity index (χ0) is 13.7. The number of hydrogen-bond acceptors (Lipinski definition) is 3. The molecule has 1 atom stereocenters. The molecule has 0 saturated carbocycles. The van der Waals surface area contributed by atoms with Gasteiger partial charge in [-0.15, -0.1) is 0 Å². The van der Waals surface area contributed by atoms with E-state index in [2.05, 4.69) is 12.1 Å². The first-order valence-corrected chi connectivity index (χ1v) is 6.26. The molecule has 0 aromatic heterocycles. The van der Waals surface area contributed by atoms with Crippen LogP contribution in [0.15, 0.2) is 48.5 Å². The predicted octanol–water partition coefficient (Wildman–Crippen LogP) is 2.95. The van der Waals surface area contributed by atoms with Gasteiger partial charge in [0, 0.05) is 11.6 Å². The second-order valence-corrected chi connectivity index (χ2v) is 4.40. The summed E-state index contributed by atoms with van der Waals surface area (Å²) < 4.78 is 10.6. The van der Waals surface area contributed by atoms with Gasteiger partial charge in [-0.25, -0.2) is 0 Å². The molecule has 0 spiro atoms. The summed E-state index contributed by atoms with van der Waals surface area (Å²) in [6.07, 6.45) is 0.768. The van der Waals surface area contributed by atoms with Crippen LogP contribution < -0.4 is 15.2 Å². The SMILES string of the molecule is COc1ccc(OC)c(C(N)Cc2ccccc2)c1. The predicted molar refractivity (Wildman–Crippen MR) is 76.6 cm³/mol. The molecule has 2 N–H and O–H groups in total. The number of benzene rings is 2. The maximum atomic E-state index is 6.29. The van der Waals surface area contributed by atoms with Crippen LogP contribution in [0.25, 0.3) is 0 Å². The van der Waals surface area contributed by atoms with Crippen molar-refractivity contribution in [2.75, 3.05) is 14.2 Å². The Labute approximate surface area is 114 Å². The van der Waals surface area contributed by atoms with Crippen molar-refractivity contribution in [3.8, 4) is 11.5 Å². The molecule has 0 aliphatic rings. The van der Waals surface area contributed by atoms with E-state index in [9.17, 15) is 0 Å². The van der Waals surface area contributed by atoms with Crippen LogP contribution >= 0.6 is 0 Å². The summed E-state index contributed by atoms with van der Waals surface area (Å²) in [5, 5.41) is 0. The van der Waals surface area contributed by atoms with E-state index in [1.54, 1.807) is 14.2 Å². The van der Waals surface area contributed by atoms with Crippen molar-refractivity contribution in [1.29, 1.82) is 0 Å². The number of ether oxygens (including phenoxy) is 2. The molecular weight excluding hydrogens is 238 g/mol. The van der Waals surface area contributed by atoms with E-state index in [4.69, 9.17) is 15.2 Å². The van der Waals surface area contributed by atoms with Crippen molar-refractivity contribution in [3.63, 3.8) is 0 Å². The van der Waals surface area contributed by atoms with Gasteiger partial charge in [0.15, 0.2) is 0 Å². The van der Waals surface area contributed by atoms with Crippen molar-refractivity contribution in [2.24, 2.45) is 5.73 Å². The van der Waals surface area contributed by atoms with Gasteiger partial charge in [0.1, 0.15) is 11.5 Å². The molecule has 2 aromatic carbocycles. The summed E-state index contributed by atoms with van der Waals surface area (Å²) in [5.41, 5.74) is 8.46. The van der Waals surface area contributed by atoms with Crippen LogP contribution in [0.2, 0.25) is 0 Å². The fourth-order valence-electron chi connectivity index (χ4n) is 2.11.